The molecule has 0 saturated heterocycles. The molecule has 0 aliphatic carbocycles. The highest BCUT2D eigenvalue weighted by Gasteiger charge is 2.15. The minimum absolute atomic E-state index is 0.136. The summed E-state index contributed by atoms with van der Waals surface area (Å²) in [6.07, 6.45) is 0.424. The molecule has 0 saturated carbocycles. The zero-order valence-electron chi connectivity index (χ0n) is 10.3. The van der Waals surface area contributed by atoms with Gasteiger partial charge in [0.15, 0.2) is 11.5 Å². The lowest BCUT2D eigenvalue weighted by atomic mass is 10.1. The van der Waals surface area contributed by atoms with Gasteiger partial charge in [-0.2, -0.15) is 0 Å². The Morgan fingerprint density at radius 2 is 2.00 bits per heavy atom. The Labute approximate surface area is 119 Å². The van der Waals surface area contributed by atoms with E-state index in [-0.39, 0.29) is 5.56 Å². The van der Waals surface area contributed by atoms with Crippen LogP contribution in [-0.4, -0.2) is 16.1 Å². The summed E-state index contributed by atoms with van der Waals surface area (Å²) in [5, 5.41) is 9.76. The van der Waals surface area contributed by atoms with Crippen LogP contribution in [0.1, 0.15) is 21.8 Å². The van der Waals surface area contributed by atoms with Crippen molar-refractivity contribution in [2.45, 2.75) is 6.42 Å². The van der Waals surface area contributed by atoms with E-state index < -0.39 is 5.97 Å². The highest BCUT2D eigenvalue weighted by molar-refractivity contribution is 6.31. The number of carboxylic acid groups (broad SMARTS) is 1. The van der Waals surface area contributed by atoms with Gasteiger partial charge >= 0.3 is 5.97 Å². The van der Waals surface area contributed by atoms with Gasteiger partial charge in [-0.05, 0) is 23.8 Å². The molecule has 0 atom stereocenters. The monoisotopic (exact) mass is 287 g/mol. The summed E-state index contributed by atoms with van der Waals surface area (Å²) >= 11 is 6.09. The van der Waals surface area contributed by atoms with E-state index in [1.54, 1.807) is 18.2 Å². The van der Waals surface area contributed by atoms with Crippen molar-refractivity contribution in [1.29, 1.82) is 0 Å². The summed E-state index contributed by atoms with van der Waals surface area (Å²) in [5.41, 5.74) is 1.85. The first-order chi connectivity index (χ1) is 9.65. The predicted molar refractivity (Wildman–Crippen MR) is 75.2 cm³/mol. The van der Waals surface area contributed by atoms with E-state index in [0.717, 1.165) is 5.56 Å². The highest BCUT2D eigenvalue weighted by Crippen LogP contribution is 2.23. The molecule has 5 heteroatoms. The van der Waals surface area contributed by atoms with Gasteiger partial charge in [0.2, 0.25) is 0 Å². The molecule has 0 bridgehead atoms. The van der Waals surface area contributed by atoms with Crippen LogP contribution in [0, 0.1) is 0 Å². The Balaban J connectivity index is 2.04. The molecule has 20 heavy (non-hydrogen) atoms. The van der Waals surface area contributed by atoms with Crippen LogP contribution < -0.4 is 0 Å². The van der Waals surface area contributed by atoms with E-state index >= 15 is 0 Å². The minimum Gasteiger partial charge on any atom is -0.478 e. The summed E-state index contributed by atoms with van der Waals surface area (Å²) in [7, 11) is 0. The van der Waals surface area contributed by atoms with Gasteiger partial charge in [-0.25, -0.2) is 9.78 Å². The molecular formula is C15H10ClNO3. The third-order valence-corrected chi connectivity index (χ3v) is 3.36. The van der Waals surface area contributed by atoms with E-state index in [1.165, 1.54) is 6.07 Å². The molecule has 1 heterocycles. The second kappa shape index (κ2) is 4.98. The maximum atomic E-state index is 11.1. The van der Waals surface area contributed by atoms with Crippen molar-refractivity contribution in [1.82, 2.24) is 4.98 Å². The number of aromatic carboxylic acids is 1. The molecule has 3 aromatic rings. The van der Waals surface area contributed by atoms with Crippen LogP contribution in [0.25, 0.3) is 11.1 Å². The van der Waals surface area contributed by atoms with Crippen LogP contribution in [0.5, 0.6) is 0 Å². The first-order valence-electron chi connectivity index (χ1n) is 6.00. The van der Waals surface area contributed by atoms with Crippen LogP contribution in [-0.2, 0) is 6.42 Å². The number of oxazole rings is 1. The SMILES string of the molecule is O=C(O)c1cccc2oc(Cc3ccccc3Cl)nc12. The van der Waals surface area contributed by atoms with Gasteiger partial charge in [-0.1, -0.05) is 35.9 Å². The fraction of sp³-hybridized carbons (Fsp3) is 0.0667. The molecule has 0 radical (unpaired) electrons. The maximum absolute atomic E-state index is 11.1. The van der Waals surface area contributed by atoms with Gasteiger partial charge in [0, 0.05) is 5.02 Å². The number of nitrogens with zero attached hydrogens (tertiary/aromatic N) is 1. The van der Waals surface area contributed by atoms with Crippen LogP contribution in [0.3, 0.4) is 0 Å². The molecule has 0 fully saturated rings. The van der Waals surface area contributed by atoms with Crippen LogP contribution in [0.2, 0.25) is 5.02 Å². The molecule has 0 unspecified atom stereocenters. The van der Waals surface area contributed by atoms with Crippen molar-refractivity contribution in [2.75, 3.05) is 0 Å². The van der Waals surface area contributed by atoms with Crippen molar-refractivity contribution in [3.05, 3.63) is 64.5 Å². The summed E-state index contributed by atoms with van der Waals surface area (Å²) in [5.74, 6) is -0.574. The first kappa shape index (κ1) is 12.7. The number of para-hydroxylation sites is 1. The third-order valence-electron chi connectivity index (χ3n) is 2.99. The second-order valence-corrected chi connectivity index (χ2v) is 4.74. The number of halogens is 1. The minimum atomic E-state index is -1.02. The fourth-order valence-electron chi connectivity index (χ4n) is 2.05. The van der Waals surface area contributed by atoms with Gasteiger partial charge in [0.25, 0.3) is 0 Å². The fourth-order valence-corrected chi connectivity index (χ4v) is 2.25. The molecule has 3 rings (SSSR count). The van der Waals surface area contributed by atoms with Crippen LogP contribution in [0.4, 0.5) is 0 Å². The molecule has 4 nitrogen and oxygen atoms in total. The summed E-state index contributed by atoms with van der Waals surface area (Å²) in [6.45, 7) is 0. The van der Waals surface area contributed by atoms with E-state index in [1.807, 2.05) is 18.2 Å². The third kappa shape index (κ3) is 2.26. The molecule has 1 N–H and O–H groups in total. The number of carbonyl (C=O) groups is 1. The largest absolute Gasteiger partial charge is 0.478 e. The number of rotatable bonds is 3. The Hall–Kier alpha value is -2.33. The molecule has 100 valence electrons. The molecular weight excluding hydrogens is 278 g/mol. The van der Waals surface area contributed by atoms with Crippen molar-refractivity contribution in [3.8, 4) is 0 Å². The van der Waals surface area contributed by atoms with Gasteiger partial charge in [-0.3, -0.25) is 0 Å². The second-order valence-electron chi connectivity index (χ2n) is 4.33. The normalized spacial score (nSPS) is 10.8. The number of benzene rings is 2. The smallest absolute Gasteiger partial charge is 0.338 e. The lowest BCUT2D eigenvalue weighted by Gasteiger charge is -1.99. The topological polar surface area (TPSA) is 63.3 Å². The standard InChI is InChI=1S/C15H10ClNO3/c16-11-6-2-1-4-9(11)8-13-17-14-10(15(18)19)5-3-7-12(14)20-13/h1-7H,8H2,(H,18,19). The summed E-state index contributed by atoms with van der Waals surface area (Å²) < 4.78 is 5.58. The Morgan fingerprint density at radius 3 is 2.75 bits per heavy atom. The lowest BCUT2D eigenvalue weighted by Crippen LogP contribution is -1.97. The Bertz CT molecular complexity index is 795. The quantitative estimate of drug-likeness (QED) is 0.796. The lowest BCUT2D eigenvalue weighted by molar-refractivity contribution is 0.0699. The highest BCUT2D eigenvalue weighted by atomic mass is 35.5. The van der Waals surface area contributed by atoms with Gasteiger partial charge in [0.05, 0.1) is 12.0 Å². The number of carboxylic acids is 1. The summed E-state index contributed by atoms with van der Waals surface area (Å²) in [4.78, 5) is 15.4. The Kier molecular flexibility index (Phi) is 3.16. The molecule has 0 aliphatic heterocycles. The number of aromatic nitrogens is 1. The molecule has 1 aromatic heterocycles. The van der Waals surface area contributed by atoms with Crippen molar-refractivity contribution in [2.24, 2.45) is 0 Å². The maximum Gasteiger partial charge on any atom is 0.338 e. The average Bonchev–Trinajstić information content (AvgIpc) is 2.83. The van der Waals surface area contributed by atoms with Gasteiger partial charge in [-0.15, -0.1) is 0 Å². The molecule has 0 aliphatic rings. The van der Waals surface area contributed by atoms with Crippen LogP contribution >= 0.6 is 11.6 Å². The van der Waals surface area contributed by atoms with E-state index in [4.69, 9.17) is 21.1 Å². The van der Waals surface area contributed by atoms with E-state index in [0.29, 0.717) is 28.4 Å². The van der Waals surface area contributed by atoms with Gasteiger partial charge in [0.1, 0.15) is 5.52 Å². The summed E-state index contributed by atoms with van der Waals surface area (Å²) in [6, 6.07) is 12.2. The zero-order chi connectivity index (χ0) is 14.1. The average molecular weight is 288 g/mol. The zero-order valence-corrected chi connectivity index (χ0v) is 11.1. The molecule has 0 spiro atoms. The first-order valence-corrected chi connectivity index (χ1v) is 6.38. The van der Waals surface area contributed by atoms with Crippen molar-refractivity contribution >= 4 is 28.7 Å². The molecule has 0 amide bonds. The predicted octanol–water partition coefficient (Wildman–Crippen LogP) is 3.77. The van der Waals surface area contributed by atoms with Crippen molar-refractivity contribution < 1.29 is 14.3 Å². The Morgan fingerprint density at radius 1 is 1.20 bits per heavy atom. The number of fused-ring (bicyclic) bond motifs is 1. The van der Waals surface area contributed by atoms with E-state index in [2.05, 4.69) is 4.98 Å². The number of hydrogen-bond acceptors (Lipinski definition) is 3. The van der Waals surface area contributed by atoms with Crippen LogP contribution in [0.15, 0.2) is 46.9 Å². The van der Waals surface area contributed by atoms with Gasteiger partial charge < -0.3 is 9.52 Å². The number of hydrogen-bond donors (Lipinski definition) is 1. The molecule has 2 aromatic carbocycles. The van der Waals surface area contributed by atoms with E-state index in [9.17, 15) is 4.79 Å². The van der Waals surface area contributed by atoms with Crippen molar-refractivity contribution in [3.63, 3.8) is 0 Å².